The molecular formula is C26H37N3O5S. The van der Waals surface area contributed by atoms with Gasteiger partial charge in [0.05, 0.1) is 19.1 Å². The van der Waals surface area contributed by atoms with Crippen molar-refractivity contribution in [3.8, 4) is 5.75 Å². The first-order valence-electron chi connectivity index (χ1n) is 11.6. The lowest BCUT2D eigenvalue weighted by Gasteiger charge is -2.32. The van der Waals surface area contributed by atoms with Crippen LogP contribution in [0.3, 0.4) is 0 Å². The van der Waals surface area contributed by atoms with Crippen molar-refractivity contribution in [2.45, 2.75) is 59.2 Å². The van der Waals surface area contributed by atoms with E-state index in [-0.39, 0.29) is 24.4 Å². The molecule has 35 heavy (non-hydrogen) atoms. The van der Waals surface area contributed by atoms with Crippen LogP contribution in [0.1, 0.15) is 51.7 Å². The van der Waals surface area contributed by atoms with Crippen LogP contribution in [0.25, 0.3) is 0 Å². The summed E-state index contributed by atoms with van der Waals surface area (Å²) in [6.07, 6.45) is 1.07. The molecule has 0 spiro atoms. The van der Waals surface area contributed by atoms with Gasteiger partial charge in [0.1, 0.15) is 18.3 Å². The number of rotatable bonds is 11. The summed E-state index contributed by atoms with van der Waals surface area (Å²) in [5.41, 5.74) is 2.25. The highest BCUT2D eigenvalue weighted by Gasteiger charge is 2.30. The van der Waals surface area contributed by atoms with E-state index in [1.165, 1.54) is 4.90 Å². The van der Waals surface area contributed by atoms with Crippen LogP contribution in [0.2, 0.25) is 0 Å². The second kappa shape index (κ2) is 12.1. The molecule has 0 aliphatic heterocycles. The van der Waals surface area contributed by atoms with Crippen LogP contribution in [0.5, 0.6) is 5.75 Å². The lowest BCUT2D eigenvalue weighted by Crippen LogP contribution is -2.52. The molecule has 2 amide bonds. The average molecular weight is 504 g/mol. The third kappa shape index (κ3) is 7.99. The summed E-state index contributed by atoms with van der Waals surface area (Å²) in [5.74, 6) is 0.169. The fourth-order valence-corrected chi connectivity index (χ4v) is 4.40. The Hall–Kier alpha value is -3.07. The minimum atomic E-state index is -3.76. The number of benzene rings is 2. The normalized spacial score (nSPS) is 12.4. The van der Waals surface area contributed by atoms with Crippen molar-refractivity contribution in [3.63, 3.8) is 0 Å². The molecule has 0 heterocycles. The Bertz CT molecular complexity index is 1100. The number of sulfonamides is 1. The molecule has 0 radical (unpaired) electrons. The van der Waals surface area contributed by atoms with E-state index in [9.17, 15) is 18.0 Å². The summed E-state index contributed by atoms with van der Waals surface area (Å²) >= 11 is 0. The molecule has 0 saturated carbocycles. The fourth-order valence-electron chi connectivity index (χ4n) is 3.55. The predicted molar refractivity (Wildman–Crippen MR) is 139 cm³/mol. The summed E-state index contributed by atoms with van der Waals surface area (Å²) in [4.78, 5) is 27.7. The second-order valence-corrected chi connectivity index (χ2v) is 11.1. The smallest absolute Gasteiger partial charge is 0.244 e. The molecular weight excluding hydrogens is 466 g/mol. The zero-order valence-corrected chi connectivity index (χ0v) is 22.4. The number of nitrogens with zero attached hydrogens (tertiary/aromatic N) is 2. The van der Waals surface area contributed by atoms with Gasteiger partial charge in [-0.15, -0.1) is 0 Å². The Kier molecular flexibility index (Phi) is 9.71. The molecule has 2 rings (SSSR count). The summed E-state index contributed by atoms with van der Waals surface area (Å²) < 4.78 is 31.6. The third-order valence-electron chi connectivity index (χ3n) is 5.64. The highest BCUT2D eigenvalue weighted by Crippen LogP contribution is 2.23. The van der Waals surface area contributed by atoms with E-state index in [0.29, 0.717) is 11.4 Å². The van der Waals surface area contributed by atoms with E-state index < -0.39 is 28.5 Å². The minimum absolute atomic E-state index is 0.102. The number of nitrogens with one attached hydrogen (secondary N) is 1. The van der Waals surface area contributed by atoms with Gasteiger partial charge in [0.15, 0.2) is 0 Å². The Morgan fingerprint density at radius 3 is 1.97 bits per heavy atom. The second-order valence-electron chi connectivity index (χ2n) is 9.22. The number of hydrogen-bond acceptors (Lipinski definition) is 5. The summed E-state index contributed by atoms with van der Waals surface area (Å²) in [6, 6.07) is 13.4. The highest BCUT2D eigenvalue weighted by atomic mass is 32.2. The summed E-state index contributed by atoms with van der Waals surface area (Å²) in [5, 5.41) is 2.83. The number of methoxy groups -OCH3 is 1. The van der Waals surface area contributed by atoms with Crippen LogP contribution >= 0.6 is 0 Å². The van der Waals surface area contributed by atoms with Gasteiger partial charge in [-0.1, -0.05) is 38.1 Å². The quantitative estimate of drug-likeness (QED) is 0.506. The molecule has 0 fully saturated rings. The highest BCUT2D eigenvalue weighted by molar-refractivity contribution is 7.92. The zero-order valence-electron chi connectivity index (χ0n) is 21.6. The van der Waals surface area contributed by atoms with Crippen LogP contribution < -0.4 is 14.4 Å². The van der Waals surface area contributed by atoms with Gasteiger partial charge < -0.3 is 15.0 Å². The molecule has 192 valence electrons. The molecule has 0 aromatic heterocycles. The monoisotopic (exact) mass is 503 g/mol. The Morgan fingerprint density at radius 1 is 0.943 bits per heavy atom. The maximum atomic E-state index is 13.5. The SMILES string of the molecule is COc1ccc(CN(C(=O)CN(c2ccc(C(C)C)cc2)S(C)(=O)=O)[C@@H](C)C(=O)NC(C)C)cc1. The Morgan fingerprint density at radius 2 is 1.51 bits per heavy atom. The maximum Gasteiger partial charge on any atom is 0.244 e. The van der Waals surface area contributed by atoms with E-state index in [2.05, 4.69) is 5.32 Å². The molecule has 2 aromatic rings. The van der Waals surface area contributed by atoms with Crippen LogP contribution in [0.4, 0.5) is 5.69 Å². The summed E-state index contributed by atoms with van der Waals surface area (Å²) in [6.45, 7) is 9.13. The van der Waals surface area contributed by atoms with Crippen LogP contribution in [-0.4, -0.2) is 57.1 Å². The van der Waals surface area contributed by atoms with Gasteiger partial charge in [-0.3, -0.25) is 13.9 Å². The predicted octanol–water partition coefficient (Wildman–Crippen LogP) is 3.53. The first kappa shape index (κ1) is 28.2. The number of anilines is 1. The van der Waals surface area contributed by atoms with E-state index in [1.54, 1.807) is 38.3 Å². The van der Waals surface area contributed by atoms with E-state index in [1.807, 2.05) is 52.0 Å². The number of carbonyl (C=O) groups is 2. The third-order valence-corrected chi connectivity index (χ3v) is 6.78. The molecule has 0 bridgehead atoms. The van der Waals surface area contributed by atoms with Gasteiger partial charge in [0.2, 0.25) is 21.8 Å². The molecule has 1 N–H and O–H groups in total. The van der Waals surface area contributed by atoms with Crippen molar-refractivity contribution >= 4 is 27.5 Å². The Labute approximate surface area is 209 Å². The topological polar surface area (TPSA) is 96.0 Å². The number of hydrogen-bond donors (Lipinski definition) is 1. The number of carbonyl (C=O) groups excluding carboxylic acids is 2. The van der Waals surface area contributed by atoms with Crippen molar-refractivity contribution < 1.29 is 22.7 Å². The first-order valence-corrected chi connectivity index (χ1v) is 13.5. The van der Waals surface area contributed by atoms with E-state index >= 15 is 0 Å². The van der Waals surface area contributed by atoms with E-state index in [4.69, 9.17) is 4.74 Å². The average Bonchev–Trinajstić information content (AvgIpc) is 2.79. The van der Waals surface area contributed by atoms with E-state index in [0.717, 1.165) is 21.7 Å². The fraction of sp³-hybridized carbons (Fsp3) is 0.462. The maximum absolute atomic E-state index is 13.5. The van der Waals surface area contributed by atoms with Crippen molar-refractivity contribution in [3.05, 3.63) is 59.7 Å². The lowest BCUT2D eigenvalue weighted by molar-refractivity contribution is -0.139. The van der Waals surface area contributed by atoms with Crippen LogP contribution in [0.15, 0.2) is 48.5 Å². The number of amides is 2. The van der Waals surface area contributed by atoms with Crippen molar-refractivity contribution in [2.75, 3.05) is 24.2 Å². The Balaban J connectivity index is 2.38. The van der Waals surface area contributed by atoms with Crippen LogP contribution in [0, 0.1) is 0 Å². The first-order chi connectivity index (χ1) is 16.3. The largest absolute Gasteiger partial charge is 0.497 e. The zero-order chi connectivity index (χ0) is 26.3. The lowest BCUT2D eigenvalue weighted by atomic mass is 10.0. The molecule has 0 aliphatic rings. The molecule has 0 saturated heterocycles. The van der Waals surface area contributed by atoms with Gasteiger partial charge in [0, 0.05) is 12.6 Å². The number of ether oxygens (including phenoxy) is 1. The van der Waals surface area contributed by atoms with Gasteiger partial charge >= 0.3 is 0 Å². The molecule has 1 atom stereocenters. The molecule has 2 aromatic carbocycles. The van der Waals surface area contributed by atoms with Crippen LogP contribution in [-0.2, 0) is 26.2 Å². The molecule has 0 unspecified atom stereocenters. The molecule has 0 aliphatic carbocycles. The van der Waals surface area contributed by atoms with Crippen molar-refractivity contribution in [1.82, 2.24) is 10.2 Å². The van der Waals surface area contributed by atoms with Crippen molar-refractivity contribution in [1.29, 1.82) is 0 Å². The summed E-state index contributed by atoms with van der Waals surface area (Å²) in [7, 11) is -2.19. The van der Waals surface area contributed by atoms with Gasteiger partial charge in [-0.2, -0.15) is 0 Å². The minimum Gasteiger partial charge on any atom is -0.497 e. The van der Waals surface area contributed by atoms with Crippen molar-refractivity contribution in [2.24, 2.45) is 0 Å². The van der Waals surface area contributed by atoms with Gasteiger partial charge in [-0.25, -0.2) is 8.42 Å². The standard InChI is InChI=1S/C26H37N3O5S/c1-18(2)22-10-12-23(13-11-22)29(35(7,32)33)17-25(30)28(20(5)26(31)27-19(3)4)16-21-8-14-24(34-6)15-9-21/h8-15,18-20H,16-17H2,1-7H3,(H,27,31)/t20-/m0/s1. The van der Waals surface area contributed by atoms with Gasteiger partial charge in [-0.05, 0) is 62.1 Å². The molecule has 8 nitrogen and oxygen atoms in total. The molecule has 9 heteroatoms. The van der Waals surface area contributed by atoms with Gasteiger partial charge in [0.25, 0.3) is 0 Å².